The minimum Gasteiger partial charge on any atom is -0.497 e. The maximum atomic E-state index is 12.4. The SMILES string of the molecule is COc1ccc(NC(=O)Cn2cc(NS(=O)(=O)c3ccc(C(=O)O)cc3)cn2)cc1. The van der Waals surface area contributed by atoms with Crippen LogP contribution in [0, 0.1) is 0 Å². The minimum atomic E-state index is -3.93. The van der Waals surface area contributed by atoms with Gasteiger partial charge in [-0.05, 0) is 48.5 Å². The van der Waals surface area contributed by atoms with Crippen LogP contribution in [0.25, 0.3) is 0 Å². The number of methoxy groups -OCH3 is 1. The average molecular weight is 430 g/mol. The van der Waals surface area contributed by atoms with Crippen molar-refractivity contribution >= 4 is 33.3 Å². The van der Waals surface area contributed by atoms with Gasteiger partial charge >= 0.3 is 5.97 Å². The molecule has 0 spiro atoms. The predicted octanol–water partition coefficient (Wildman–Crippen LogP) is 2.03. The molecule has 3 aromatic rings. The first-order valence-electron chi connectivity index (χ1n) is 8.59. The summed E-state index contributed by atoms with van der Waals surface area (Å²) in [6.45, 7) is -0.124. The molecular weight excluding hydrogens is 412 g/mol. The number of carbonyl (C=O) groups is 2. The number of rotatable bonds is 8. The lowest BCUT2D eigenvalue weighted by Crippen LogP contribution is -2.19. The average Bonchev–Trinajstić information content (AvgIpc) is 3.14. The summed E-state index contributed by atoms with van der Waals surface area (Å²) in [7, 11) is -2.39. The summed E-state index contributed by atoms with van der Waals surface area (Å²) in [4.78, 5) is 22.9. The largest absolute Gasteiger partial charge is 0.497 e. The first-order valence-corrected chi connectivity index (χ1v) is 10.1. The molecule has 0 saturated heterocycles. The normalized spacial score (nSPS) is 11.0. The predicted molar refractivity (Wildman–Crippen MR) is 108 cm³/mol. The molecule has 0 aliphatic rings. The van der Waals surface area contributed by atoms with Gasteiger partial charge in [0, 0.05) is 11.9 Å². The highest BCUT2D eigenvalue weighted by Crippen LogP contribution is 2.17. The monoisotopic (exact) mass is 430 g/mol. The third kappa shape index (κ3) is 5.14. The molecule has 2 aromatic carbocycles. The summed E-state index contributed by atoms with van der Waals surface area (Å²) in [6.07, 6.45) is 2.64. The number of benzene rings is 2. The van der Waals surface area contributed by atoms with Gasteiger partial charge in [0.1, 0.15) is 12.3 Å². The van der Waals surface area contributed by atoms with Crippen molar-refractivity contribution < 1.29 is 27.9 Å². The molecule has 0 fully saturated rings. The van der Waals surface area contributed by atoms with Crippen molar-refractivity contribution in [1.29, 1.82) is 0 Å². The quantitative estimate of drug-likeness (QED) is 0.497. The number of hydrogen-bond donors (Lipinski definition) is 3. The molecule has 3 rings (SSSR count). The first kappa shape index (κ1) is 20.9. The third-order valence-corrected chi connectivity index (χ3v) is 5.37. The fourth-order valence-corrected chi connectivity index (χ4v) is 3.54. The zero-order valence-electron chi connectivity index (χ0n) is 15.8. The van der Waals surface area contributed by atoms with E-state index < -0.39 is 16.0 Å². The van der Waals surface area contributed by atoms with E-state index >= 15 is 0 Å². The molecule has 0 radical (unpaired) electrons. The summed E-state index contributed by atoms with van der Waals surface area (Å²) in [6, 6.07) is 11.6. The molecule has 0 aliphatic carbocycles. The molecule has 30 heavy (non-hydrogen) atoms. The number of amides is 1. The third-order valence-electron chi connectivity index (χ3n) is 3.98. The van der Waals surface area contributed by atoms with Crippen LogP contribution in [0.5, 0.6) is 5.75 Å². The maximum absolute atomic E-state index is 12.4. The van der Waals surface area contributed by atoms with Crippen molar-refractivity contribution in [2.45, 2.75) is 11.4 Å². The fraction of sp³-hybridized carbons (Fsp3) is 0.105. The summed E-state index contributed by atoms with van der Waals surface area (Å²) >= 11 is 0. The number of ether oxygens (including phenoxy) is 1. The molecule has 0 atom stereocenters. The molecular formula is C19H18N4O6S. The van der Waals surface area contributed by atoms with Crippen LogP contribution >= 0.6 is 0 Å². The smallest absolute Gasteiger partial charge is 0.335 e. The van der Waals surface area contributed by atoms with Crippen molar-refractivity contribution in [1.82, 2.24) is 9.78 Å². The lowest BCUT2D eigenvalue weighted by atomic mass is 10.2. The van der Waals surface area contributed by atoms with Crippen LogP contribution in [0.2, 0.25) is 0 Å². The Balaban J connectivity index is 1.62. The molecule has 0 unspecified atom stereocenters. The highest BCUT2D eigenvalue weighted by Gasteiger charge is 2.16. The van der Waals surface area contributed by atoms with Crippen molar-refractivity contribution in [2.24, 2.45) is 0 Å². The van der Waals surface area contributed by atoms with Gasteiger partial charge in [0.15, 0.2) is 0 Å². The number of sulfonamides is 1. The van der Waals surface area contributed by atoms with Gasteiger partial charge in [-0.3, -0.25) is 14.2 Å². The van der Waals surface area contributed by atoms with Gasteiger partial charge in [0.05, 0.1) is 29.5 Å². The van der Waals surface area contributed by atoms with Gasteiger partial charge in [0.25, 0.3) is 10.0 Å². The van der Waals surface area contributed by atoms with Crippen molar-refractivity contribution in [3.63, 3.8) is 0 Å². The Morgan fingerprint density at radius 2 is 1.73 bits per heavy atom. The Morgan fingerprint density at radius 1 is 1.07 bits per heavy atom. The van der Waals surface area contributed by atoms with Gasteiger partial charge in [-0.1, -0.05) is 0 Å². The van der Waals surface area contributed by atoms with E-state index in [1.807, 2.05) is 0 Å². The van der Waals surface area contributed by atoms with E-state index in [2.05, 4.69) is 15.1 Å². The van der Waals surface area contributed by atoms with E-state index in [9.17, 15) is 18.0 Å². The second-order valence-corrected chi connectivity index (χ2v) is 7.82. The Labute approximate surface area is 172 Å². The second kappa shape index (κ2) is 8.66. The van der Waals surface area contributed by atoms with E-state index in [1.165, 1.54) is 41.3 Å². The second-order valence-electron chi connectivity index (χ2n) is 6.14. The number of aromatic nitrogens is 2. The summed E-state index contributed by atoms with van der Waals surface area (Å²) in [5.74, 6) is -0.836. The Morgan fingerprint density at radius 3 is 2.33 bits per heavy atom. The number of hydrogen-bond acceptors (Lipinski definition) is 6. The lowest BCUT2D eigenvalue weighted by molar-refractivity contribution is -0.116. The van der Waals surface area contributed by atoms with Gasteiger partial charge in [0.2, 0.25) is 5.91 Å². The maximum Gasteiger partial charge on any atom is 0.335 e. The molecule has 10 nitrogen and oxygen atoms in total. The van der Waals surface area contributed by atoms with Crippen LogP contribution in [0.1, 0.15) is 10.4 Å². The Bertz CT molecular complexity index is 1150. The molecule has 0 bridgehead atoms. The van der Waals surface area contributed by atoms with E-state index in [0.29, 0.717) is 11.4 Å². The molecule has 0 aliphatic heterocycles. The Kier molecular flexibility index (Phi) is 6.02. The van der Waals surface area contributed by atoms with E-state index in [4.69, 9.17) is 9.84 Å². The van der Waals surface area contributed by atoms with Crippen LogP contribution in [-0.2, 0) is 21.4 Å². The Hall–Kier alpha value is -3.86. The molecule has 3 N–H and O–H groups in total. The summed E-state index contributed by atoms with van der Waals surface area (Å²) < 4.78 is 33.5. The van der Waals surface area contributed by atoms with Crippen molar-refractivity contribution in [3.8, 4) is 5.75 Å². The standard InChI is InChI=1S/C19H18N4O6S/c1-29-16-6-4-14(5-7-16)21-18(24)12-23-11-15(10-20-23)22-30(27,28)17-8-2-13(3-9-17)19(25)26/h2-11,22H,12H2,1H3,(H,21,24)(H,25,26). The van der Waals surface area contributed by atoms with E-state index in [0.717, 1.165) is 0 Å². The summed E-state index contributed by atoms with van der Waals surface area (Å²) in [5.41, 5.74) is 0.720. The van der Waals surface area contributed by atoms with Crippen LogP contribution in [0.15, 0.2) is 65.8 Å². The fourth-order valence-electron chi connectivity index (χ4n) is 2.52. The number of aromatic carboxylic acids is 1. The van der Waals surface area contributed by atoms with Crippen molar-refractivity contribution in [3.05, 3.63) is 66.5 Å². The zero-order valence-corrected chi connectivity index (χ0v) is 16.6. The first-order chi connectivity index (χ1) is 14.3. The van der Waals surface area contributed by atoms with Crippen LogP contribution < -0.4 is 14.8 Å². The number of nitrogens with one attached hydrogen (secondary N) is 2. The molecule has 0 saturated carbocycles. The topological polar surface area (TPSA) is 140 Å². The molecule has 11 heteroatoms. The number of anilines is 2. The van der Waals surface area contributed by atoms with Gasteiger partial charge in [-0.2, -0.15) is 5.10 Å². The highest BCUT2D eigenvalue weighted by molar-refractivity contribution is 7.92. The minimum absolute atomic E-state index is 0.0235. The van der Waals surface area contributed by atoms with Crippen LogP contribution in [0.4, 0.5) is 11.4 Å². The molecule has 156 valence electrons. The number of nitrogens with zero attached hydrogens (tertiary/aromatic N) is 2. The number of carbonyl (C=O) groups excluding carboxylic acids is 1. The molecule has 1 aromatic heterocycles. The van der Waals surface area contributed by atoms with E-state index in [-0.39, 0.29) is 28.6 Å². The van der Waals surface area contributed by atoms with Crippen LogP contribution in [0.3, 0.4) is 0 Å². The zero-order chi connectivity index (χ0) is 21.7. The molecule has 1 heterocycles. The number of carboxylic acid groups (broad SMARTS) is 1. The lowest BCUT2D eigenvalue weighted by Gasteiger charge is -2.07. The van der Waals surface area contributed by atoms with Crippen molar-refractivity contribution in [2.75, 3.05) is 17.1 Å². The van der Waals surface area contributed by atoms with Gasteiger partial charge in [-0.15, -0.1) is 0 Å². The van der Waals surface area contributed by atoms with E-state index in [1.54, 1.807) is 31.4 Å². The van der Waals surface area contributed by atoms with Gasteiger partial charge < -0.3 is 15.2 Å². The summed E-state index contributed by atoms with van der Waals surface area (Å²) in [5, 5.41) is 15.6. The van der Waals surface area contributed by atoms with Gasteiger partial charge in [-0.25, -0.2) is 13.2 Å². The molecule has 1 amide bonds. The number of carboxylic acids is 1. The van der Waals surface area contributed by atoms with Crippen LogP contribution in [-0.4, -0.2) is 42.3 Å². The highest BCUT2D eigenvalue weighted by atomic mass is 32.2.